The lowest BCUT2D eigenvalue weighted by molar-refractivity contribution is -0.121. The van der Waals surface area contributed by atoms with E-state index in [0.717, 1.165) is 17.4 Å². The van der Waals surface area contributed by atoms with E-state index in [0.29, 0.717) is 24.2 Å². The molecule has 1 aliphatic heterocycles. The minimum atomic E-state index is -3.73. The molecule has 1 aromatic carbocycles. The van der Waals surface area contributed by atoms with Crippen LogP contribution >= 0.6 is 0 Å². The quantitative estimate of drug-likeness (QED) is 0.655. The molecule has 1 N–H and O–H groups in total. The summed E-state index contributed by atoms with van der Waals surface area (Å²) in [5.41, 5.74) is -0.650. The van der Waals surface area contributed by atoms with Gasteiger partial charge in [0, 0.05) is 33.7 Å². The van der Waals surface area contributed by atoms with Crippen LogP contribution < -0.4 is 16.4 Å². The van der Waals surface area contributed by atoms with Crippen molar-refractivity contribution in [2.24, 2.45) is 14.1 Å². The van der Waals surface area contributed by atoms with Gasteiger partial charge >= 0.3 is 11.1 Å². The highest BCUT2D eigenvalue weighted by molar-refractivity contribution is 7.91. The van der Waals surface area contributed by atoms with Gasteiger partial charge in [0.05, 0.1) is 27.8 Å². The predicted molar refractivity (Wildman–Crippen MR) is 103 cm³/mol. The van der Waals surface area contributed by atoms with Crippen molar-refractivity contribution in [2.75, 3.05) is 18.9 Å². The van der Waals surface area contributed by atoms with Crippen molar-refractivity contribution in [3.63, 3.8) is 0 Å². The van der Waals surface area contributed by atoms with Gasteiger partial charge in [0.25, 0.3) is 0 Å². The lowest BCUT2D eigenvalue weighted by Crippen LogP contribution is -2.39. The van der Waals surface area contributed by atoms with Crippen LogP contribution in [0.1, 0.15) is 19.3 Å². The van der Waals surface area contributed by atoms with Gasteiger partial charge in [0.1, 0.15) is 0 Å². The Labute approximate surface area is 161 Å². The molecule has 0 bridgehead atoms. The number of aryl methyl sites for hydroxylation is 2. The van der Waals surface area contributed by atoms with Crippen LogP contribution in [0.3, 0.4) is 0 Å². The molecule has 2 aromatic rings. The van der Waals surface area contributed by atoms with Crippen molar-refractivity contribution < 1.29 is 17.9 Å². The third kappa shape index (κ3) is 4.02. The molecule has 1 atom stereocenters. The van der Waals surface area contributed by atoms with E-state index in [-0.39, 0.29) is 29.1 Å². The molecular formula is C18H23N3O6S. The summed E-state index contributed by atoms with van der Waals surface area (Å²) in [5, 5.41) is 2.70. The van der Waals surface area contributed by atoms with Gasteiger partial charge < -0.3 is 19.2 Å². The van der Waals surface area contributed by atoms with Gasteiger partial charge in [-0.25, -0.2) is 8.42 Å². The Hall–Kier alpha value is -2.46. The molecule has 0 radical (unpaired) electrons. The van der Waals surface area contributed by atoms with Crippen LogP contribution in [0.5, 0.6) is 0 Å². The summed E-state index contributed by atoms with van der Waals surface area (Å²) >= 11 is 0. The molecule has 0 aliphatic carbocycles. The summed E-state index contributed by atoms with van der Waals surface area (Å²) in [6.07, 6.45) is 1.68. The molecule has 3 rings (SSSR count). The Kier molecular flexibility index (Phi) is 5.71. The third-order valence-corrected chi connectivity index (χ3v) is 6.68. The average Bonchev–Trinajstić information content (AvgIpc) is 3.20. The van der Waals surface area contributed by atoms with Crippen molar-refractivity contribution in [2.45, 2.75) is 30.3 Å². The Morgan fingerprint density at radius 2 is 1.86 bits per heavy atom. The first-order chi connectivity index (χ1) is 13.2. The minimum absolute atomic E-state index is 0.000533. The number of rotatable bonds is 6. The zero-order valence-corrected chi connectivity index (χ0v) is 16.6. The Balaban J connectivity index is 1.76. The van der Waals surface area contributed by atoms with Gasteiger partial charge in [0.15, 0.2) is 9.84 Å². The normalized spacial score (nSPS) is 17.1. The number of benzene rings is 1. The first kappa shape index (κ1) is 20.3. The highest BCUT2D eigenvalue weighted by atomic mass is 32.2. The number of fused-ring (bicyclic) bond motifs is 1. The van der Waals surface area contributed by atoms with Crippen molar-refractivity contribution in [3.8, 4) is 0 Å². The monoisotopic (exact) mass is 409 g/mol. The fraction of sp³-hybridized carbons (Fsp3) is 0.500. The number of hydrogen-bond acceptors (Lipinski definition) is 6. The SMILES string of the molecule is Cn1c(=O)c(=O)n(C)c2cc(S(=O)(=O)CCC(=O)NC[C@@H]3CCCO3)ccc21. The number of nitrogens with one attached hydrogen (secondary N) is 1. The number of aromatic nitrogens is 2. The van der Waals surface area contributed by atoms with Crippen molar-refractivity contribution in [1.29, 1.82) is 0 Å². The van der Waals surface area contributed by atoms with E-state index in [1.54, 1.807) is 0 Å². The van der Waals surface area contributed by atoms with Gasteiger partial charge in [-0.3, -0.25) is 14.4 Å². The molecule has 9 nitrogen and oxygen atoms in total. The molecule has 1 amide bonds. The maximum atomic E-state index is 12.6. The number of hydrogen-bond donors (Lipinski definition) is 1. The van der Waals surface area contributed by atoms with Crippen molar-refractivity contribution >= 4 is 26.8 Å². The number of carbonyl (C=O) groups is 1. The largest absolute Gasteiger partial charge is 0.376 e. The van der Waals surface area contributed by atoms with Crippen LogP contribution in [0.15, 0.2) is 32.7 Å². The van der Waals surface area contributed by atoms with E-state index in [9.17, 15) is 22.8 Å². The van der Waals surface area contributed by atoms with Gasteiger partial charge in [0.2, 0.25) is 5.91 Å². The first-order valence-corrected chi connectivity index (χ1v) is 10.7. The summed E-state index contributed by atoms with van der Waals surface area (Å²) < 4.78 is 33.0. The van der Waals surface area contributed by atoms with Crippen molar-refractivity contribution in [1.82, 2.24) is 14.5 Å². The molecule has 0 saturated carbocycles. The van der Waals surface area contributed by atoms with Crippen molar-refractivity contribution in [3.05, 3.63) is 38.9 Å². The molecule has 1 aliphatic rings. The molecule has 0 unspecified atom stereocenters. The summed E-state index contributed by atoms with van der Waals surface area (Å²) in [6, 6.07) is 4.22. The summed E-state index contributed by atoms with van der Waals surface area (Å²) in [7, 11) is -0.857. The Bertz CT molecular complexity index is 1130. The van der Waals surface area contributed by atoms with Crippen LogP contribution in [-0.4, -0.2) is 48.5 Å². The summed E-state index contributed by atoms with van der Waals surface area (Å²) in [5.74, 6) is -0.704. The van der Waals surface area contributed by atoms with Gasteiger partial charge in [-0.15, -0.1) is 0 Å². The van der Waals surface area contributed by atoms with Gasteiger partial charge in [-0.05, 0) is 31.0 Å². The number of nitrogens with zero attached hydrogens (tertiary/aromatic N) is 2. The molecule has 10 heteroatoms. The number of carbonyl (C=O) groups excluding carboxylic acids is 1. The number of ether oxygens (including phenoxy) is 1. The summed E-state index contributed by atoms with van der Waals surface area (Å²) in [4.78, 5) is 35.8. The fourth-order valence-corrected chi connectivity index (χ4v) is 4.48. The Morgan fingerprint density at radius 3 is 2.50 bits per heavy atom. The highest BCUT2D eigenvalue weighted by Crippen LogP contribution is 2.18. The van der Waals surface area contributed by atoms with E-state index in [1.807, 2.05) is 0 Å². The standard InChI is InChI=1S/C18H23N3O6S/c1-20-14-6-5-13(10-15(14)21(2)18(24)17(20)23)28(25,26)9-7-16(22)19-11-12-4-3-8-27-12/h5-6,10,12H,3-4,7-9,11H2,1-2H3,(H,19,22)/t12-/m0/s1. The zero-order chi connectivity index (χ0) is 20.5. The second kappa shape index (κ2) is 7.88. The first-order valence-electron chi connectivity index (χ1n) is 9.01. The van der Waals surface area contributed by atoms with E-state index in [2.05, 4.69) is 5.32 Å². The highest BCUT2D eigenvalue weighted by Gasteiger charge is 2.20. The molecule has 1 saturated heterocycles. The minimum Gasteiger partial charge on any atom is -0.376 e. The third-order valence-electron chi connectivity index (χ3n) is 4.97. The smallest absolute Gasteiger partial charge is 0.316 e. The average molecular weight is 409 g/mol. The molecule has 1 aromatic heterocycles. The topological polar surface area (TPSA) is 116 Å². The number of sulfone groups is 1. The summed E-state index contributed by atoms with van der Waals surface area (Å²) in [6.45, 7) is 1.07. The Morgan fingerprint density at radius 1 is 1.18 bits per heavy atom. The molecule has 1 fully saturated rings. The number of amides is 1. The van der Waals surface area contributed by atoms with Crippen LogP contribution in [-0.2, 0) is 33.5 Å². The van der Waals surface area contributed by atoms with E-state index in [1.165, 1.54) is 36.9 Å². The zero-order valence-electron chi connectivity index (χ0n) is 15.8. The molecule has 0 spiro atoms. The molecule has 152 valence electrons. The lowest BCUT2D eigenvalue weighted by atomic mass is 10.2. The van der Waals surface area contributed by atoms with E-state index >= 15 is 0 Å². The van der Waals surface area contributed by atoms with Gasteiger partial charge in [-0.1, -0.05) is 0 Å². The van der Waals surface area contributed by atoms with E-state index in [4.69, 9.17) is 4.74 Å². The second-order valence-electron chi connectivity index (χ2n) is 6.89. The molecular weight excluding hydrogens is 386 g/mol. The maximum absolute atomic E-state index is 12.6. The maximum Gasteiger partial charge on any atom is 0.316 e. The predicted octanol–water partition coefficient (Wildman–Crippen LogP) is -0.304. The van der Waals surface area contributed by atoms with Crippen LogP contribution in [0.2, 0.25) is 0 Å². The second-order valence-corrected chi connectivity index (χ2v) is 9.00. The van der Waals surface area contributed by atoms with Crippen LogP contribution in [0.4, 0.5) is 0 Å². The lowest BCUT2D eigenvalue weighted by Gasteiger charge is -2.12. The molecule has 28 heavy (non-hydrogen) atoms. The fourth-order valence-electron chi connectivity index (χ4n) is 3.22. The van der Waals surface area contributed by atoms with Crippen LogP contribution in [0, 0.1) is 0 Å². The van der Waals surface area contributed by atoms with Gasteiger partial charge in [-0.2, -0.15) is 0 Å². The van der Waals surface area contributed by atoms with E-state index < -0.39 is 21.0 Å². The molecule has 2 heterocycles. The van der Waals surface area contributed by atoms with Crippen LogP contribution in [0.25, 0.3) is 11.0 Å².